The molecule has 0 aliphatic carbocycles. The molecule has 0 spiro atoms. The number of primary amides is 1. The summed E-state index contributed by atoms with van der Waals surface area (Å²) in [6.07, 6.45) is 0.255. The fraction of sp³-hybridized carbons (Fsp3) is 0.385. The smallest absolute Gasteiger partial charge is 0.422 e. The second kappa shape index (κ2) is 4.81. The van der Waals surface area contributed by atoms with Gasteiger partial charge in [-0.15, -0.1) is 0 Å². The van der Waals surface area contributed by atoms with Gasteiger partial charge in [-0.05, 0) is 24.1 Å². The Hall–Kier alpha value is -2.05. The Balaban J connectivity index is 2.63. The van der Waals surface area contributed by atoms with Gasteiger partial charge in [-0.25, -0.2) is 0 Å². The second-order valence-electron chi connectivity index (χ2n) is 4.41. The first-order chi connectivity index (χ1) is 9.34. The van der Waals surface area contributed by atoms with Crippen molar-refractivity contribution in [2.45, 2.75) is 31.2 Å². The number of aliphatic imine (C=N–C) groups is 1. The SMILES string of the molecule is CCC1=C(C(N)=O)C(C2C=CC=CO2)(C(F)(F)F)N=C1. The number of alkyl halides is 3. The maximum absolute atomic E-state index is 13.6. The molecule has 0 saturated carbocycles. The lowest BCUT2D eigenvalue weighted by Crippen LogP contribution is -2.56. The van der Waals surface area contributed by atoms with E-state index in [1.807, 2.05) is 0 Å². The van der Waals surface area contributed by atoms with Crippen molar-refractivity contribution in [3.05, 3.63) is 35.6 Å². The monoisotopic (exact) mass is 286 g/mol. The predicted molar refractivity (Wildman–Crippen MR) is 66.9 cm³/mol. The van der Waals surface area contributed by atoms with Gasteiger partial charge in [0.05, 0.1) is 11.8 Å². The average Bonchev–Trinajstić information content (AvgIpc) is 2.80. The Kier molecular flexibility index (Phi) is 3.45. The number of nitrogens with zero attached hydrogens (tertiary/aromatic N) is 1. The molecule has 2 unspecified atom stereocenters. The molecule has 1 amide bonds. The van der Waals surface area contributed by atoms with Gasteiger partial charge in [-0.2, -0.15) is 13.2 Å². The molecule has 0 bridgehead atoms. The molecule has 7 heteroatoms. The first kappa shape index (κ1) is 14.4. The van der Waals surface area contributed by atoms with Gasteiger partial charge in [0.1, 0.15) is 0 Å². The largest absolute Gasteiger partial charge is 0.491 e. The molecule has 0 saturated heterocycles. The van der Waals surface area contributed by atoms with Gasteiger partial charge in [0.15, 0.2) is 6.10 Å². The third kappa shape index (κ3) is 1.93. The quantitative estimate of drug-likeness (QED) is 0.862. The van der Waals surface area contributed by atoms with Crippen molar-refractivity contribution < 1.29 is 22.7 Å². The molecule has 2 N–H and O–H groups in total. The van der Waals surface area contributed by atoms with Gasteiger partial charge in [0.25, 0.3) is 0 Å². The summed E-state index contributed by atoms with van der Waals surface area (Å²) in [7, 11) is 0. The predicted octanol–water partition coefficient (Wildman–Crippen LogP) is 2.03. The summed E-state index contributed by atoms with van der Waals surface area (Å²) in [5.41, 5.74) is 2.03. The van der Waals surface area contributed by atoms with Crippen molar-refractivity contribution in [3.63, 3.8) is 0 Å². The van der Waals surface area contributed by atoms with Crippen LogP contribution >= 0.6 is 0 Å². The third-order valence-corrected chi connectivity index (χ3v) is 3.30. The molecule has 108 valence electrons. The maximum atomic E-state index is 13.6. The zero-order valence-electron chi connectivity index (χ0n) is 10.6. The van der Waals surface area contributed by atoms with E-state index >= 15 is 0 Å². The van der Waals surface area contributed by atoms with E-state index in [4.69, 9.17) is 10.5 Å². The zero-order chi connectivity index (χ0) is 15.0. The molecule has 2 heterocycles. The van der Waals surface area contributed by atoms with Crippen molar-refractivity contribution in [3.8, 4) is 0 Å². The molecule has 0 aromatic carbocycles. The number of nitrogens with two attached hydrogens (primary N) is 1. The molecule has 2 atom stereocenters. The number of allylic oxidation sites excluding steroid dienone is 3. The van der Waals surface area contributed by atoms with Crippen molar-refractivity contribution in [1.29, 1.82) is 0 Å². The first-order valence-electron chi connectivity index (χ1n) is 5.98. The lowest BCUT2D eigenvalue weighted by atomic mass is 9.81. The molecule has 0 aromatic rings. The highest BCUT2D eigenvalue weighted by Gasteiger charge is 2.66. The summed E-state index contributed by atoms with van der Waals surface area (Å²) >= 11 is 0. The fourth-order valence-corrected chi connectivity index (χ4v) is 2.38. The molecular formula is C13H13F3N2O2. The highest BCUT2D eigenvalue weighted by atomic mass is 19.4. The topological polar surface area (TPSA) is 64.7 Å². The summed E-state index contributed by atoms with van der Waals surface area (Å²) in [6, 6.07) is 0. The van der Waals surface area contributed by atoms with E-state index in [0.29, 0.717) is 0 Å². The van der Waals surface area contributed by atoms with Crippen LogP contribution in [0, 0.1) is 0 Å². The van der Waals surface area contributed by atoms with Crippen LogP contribution in [0.2, 0.25) is 0 Å². The third-order valence-electron chi connectivity index (χ3n) is 3.30. The average molecular weight is 286 g/mol. The van der Waals surface area contributed by atoms with Crippen LogP contribution in [0.25, 0.3) is 0 Å². The van der Waals surface area contributed by atoms with E-state index in [0.717, 1.165) is 12.5 Å². The normalized spacial score (nSPS) is 28.9. The molecule has 0 aromatic heterocycles. The van der Waals surface area contributed by atoms with Crippen molar-refractivity contribution in [2.24, 2.45) is 10.7 Å². The number of ether oxygens (including phenoxy) is 1. The number of amides is 1. The summed E-state index contributed by atoms with van der Waals surface area (Å²) in [5.74, 6) is -1.14. The molecular weight excluding hydrogens is 273 g/mol. The van der Waals surface area contributed by atoms with Crippen molar-refractivity contribution >= 4 is 12.1 Å². The zero-order valence-corrected chi connectivity index (χ0v) is 10.6. The van der Waals surface area contributed by atoms with Gasteiger partial charge in [0.2, 0.25) is 11.4 Å². The standard InChI is InChI=1S/C13H13F3N2O2/c1-2-8-7-18-12(13(14,15)16,10(8)11(17)19)9-5-3-4-6-20-9/h3-7,9H,2H2,1H3,(H2,17,19). The van der Waals surface area contributed by atoms with E-state index in [1.165, 1.54) is 18.2 Å². The van der Waals surface area contributed by atoms with Gasteiger partial charge >= 0.3 is 6.18 Å². The number of hydrogen-bond acceptors (Lipinski definition) is 3. The highest BCUT2D eigenvalue weighted by Crippen LogP contribution is 2.48. The Bertz CT molecular complexity index is 546. The minimum absolute atomic E-state index is 0.182. The molecule has 0 fully saturated rings. The minimum atomic E-state index is -4.80. The summed E-state index contributed by atoms with van der Waals surface area (Å²) in [4.78, 5) is 15.1. The number of halogens is 3. The summed E-state index contributed by atoms with van der Waals surface area (Å²) in [5, 5.41) is 0. The van der Waals surface area contributed by atoms with Crippen molar-refractivity contribution in [2.75, 3.05) is 0 Å². The molecule has 2 aliphatic heterocycles. The molecule has 2 rings (SSSR count). The number of carbonyl (C=O) groups excluding carboxylic acids is 1. The Morgan fingerprint density at radius 3 is 2.65 bits per heavy atom. The highest BCUT2D eigenvalue weighted by molar-refractivity contribution is 6.04. The van der Waals surface area contributed by atoms with Crippen LogP contribution in [0.4, 0.5) is 13.2 Å². The van der Waals surface area contributed by atoms with Crippen LogP contribution in [-0.4, -0.2) is 29.9 Å². The summed E-state index contributed by atoms with van der Waals surface area (Å²) < 4.78 is 45.9. The van der Waals surface area contributed by atoms with Crippen LogP contribution in [0.1, 0.15) is 13.3 Å². The van der Waals surface area contributed by atoms with E-state index in [-0.39, 0.29) is 12.0 Å². The summed E-state index contributed by atoms with van der Waals surface area (Å²) in [6.45, 7) is 1.63. The van der Waals surface area contributed by atoms with Crippen LogP contribution in [0.3, 0.4) is 0 Å². The molecule has 4 nitrogen and oxygen atoms in total. The van der Waals surface area contributed by atoms with Crippen LogP contribution < -0.4 is 5.73 Å². The van der Waals surface area contributed by atoms with Crippen LogP contribution in [0.5, 0.6) is 0 Å². The van der Waals surface area contributed by atoms with Gasteiger partial charge in [-0.1, -0.05) is 13.0 Å². The Morgan fingerprint density at radius 1 is 1.50 bits per heavy atom. The minimum Gasteiger partial charge on any atom is -0.491 e. The number of rotatable bonds is 3. The van der Waals surface area contributed by atoms with Crippen LogP contribution in [0.15, 0.2) is 40.6 Å². The van der Waals surface area contributed by atoms with Crippen molar-refractivity contribution in [1.82, 2.24) is 0 Å². The number of carbonyl (C=O) groups is 1. The maximum Gasteiger partial charge on any atom is 0.422 e. The fourth-order valence-electron chi connectivity index (χ4n) is 2.38. The Labute approximate surface area is 113 Å². The first-order valence-corrected chi connectivity index (χ1v) is 5.98. The molecule has 2 aliphatic rings. The molecule has 20 heavy (non-hydrogen) atoms. The number of hydrogen-bond donors (Lipinski definition) is 1. The second-order valence-corrected chi connectivity index (χ2v) is 4.41. The van der Waals surface area contributed by atoms with Crippen LogP contribution in [-0.2, 0) is 9.53 Å². The Morgan fingerprint density at radius 2 is 2.20 bits per heavy atom. The van der Waals surface area contributed by atoms with E-state index in [9.17, 15) is 18.0 Å². The van der Waals surface area contributed by atoms with Gasteiger partial charge in [-0.3, -0.25) is 9.79 Å². The lowest BCUT2D eigenvalue weighted by molar-refractivity contribution is -0.194. The van der Waals surface area contributed by atoms with E-state index < -0.39 is 29.3 Å². The lowest BCUT2D eigenvalue weighted by Gasteiger charge is -2.36. The van der Waals surface area contributed by atoms with E-state index in [2.05, 4.69) is 4.99 Å². The van der Waals surface area contributed by atoms with Gasteiger partial charge in [0, 0.05) is 6.21 Å². The molecule has 0 radical (unpaired) electrons. The van der Waals surface area contributed by atoms with Gasteiger partial charge < -0.3 is 10.5 Å². The van der Waals surface area contributed by atoms with E-state index in [1.54, 1.807) is 6.92 Å².